The lowest BCUT2D eigenvalue weighted by Crippen LogP contribution is -2.20. The van der Waals surface area contributed by atoms with Crippen molar-refractivity contribution in [2.24, 2.45) is 0 Å². The third-order valence-electron chi connectivity index (χ3n) is 2.33. The van der Waals surface area contributed by atoms with E-state index in [0.717, 1.165) is 23.8 Å². The van der Waals surface area contributed by atoms with Gasteiger partial charge in [0.25, 0.3) is 0 Å². The second-order valence-corrected chi connectivity index (χ2v) is 4.35. The molecule has 1 aromatic heterocycles. The number of hydrogen-bond acceptors (Lipinski definition) is 6. The van der Waals surface area contributed by atoms with Crippen molar-refractivity contribution in [3.63, 3.8) is 0 Å². The molecule has 17 heavy (non-hydrogen) atoms. The summed E-state index contributed by atoms with van der Waals surface area (Å²) in [7, 11) is 3.35. The highest BCUT2D eigenvalue weighted by Gasteiger charge is 2.06. The maximum absolute atomic E-state index is 11.0. The summed E-state index contributed by atoms with van der Waals surface area (Å²) < 4.78 is 4.59. The molecular formula is C11H17N3O2S. The highest BCUT2D eigenvalue weighted by molar-refractivity contribution is 7.98. The zero-order valence-electron chi connectivity index (χ0n) is 10.3. The third-order valence-corrected chi connectivity index (χ3v) is 2.97. The van der Waals surface area contributed by atoms with Crippen LogP contribution in [0.2, 0.25) is 0 Å². The Bertz CT molecular complexity index is 373. The summed E-state index contributed by atoms with van der Waals surface area (Å²) in [4.78, 5) is 21.3. The molecule has 94 valence electrons. The lowest BCUT2D eigenvalue weighted by atomic mass is 10.3. The van der Waals surface area contributed by atoms with Gasteiger partial charge in [-0.2, -0.15) is 0 Å². The van der Waals surface area contributed by atoms with Crippen molar-refractivity contribution in [1.29, 1.82) is 0 Å². The van der Waals surface area contributed by atoms with E-state index in [-0.39, 0.29) is 5.97 Å². The van der Waals surface area contributed by atoms with Crippen LogP contribution in [-0.2, 0) is 9.53 Å². The number of ether oxygens (including phenoxy) is 1. The monoisotopic (exact) mass is 255 g/mol. The Morgan fingerprint density at radius 2 is 2.29 bits per heavy atom. The Morgan fingerprint density at radius 1 is 1.53 bits per heavy atom. The van der Waals surface area contributed by atoms with Gasteiger partial charge < -0.3 is 9.64 Å². The van der Waals surface area contributed by atoms with Gasteiger partial charge in [-0.1, -0.05) is 0 Å². The van der Waals surface area contributed by atoms with Crippen LogP contribution in [0.15, 0.2) is 17.4 Å². The summed E-state index contributed by atoms with van der Waals surface area (Å²) in [6.07, 6.45) is 4.71. The molecule has 0 amide bonds. The number of esters is 1. The maximum atomic E-state index is 11.0. The average Bonchev–Trinajstić information content (AvgIpc) is 2.38. The molecule has 0 fully saturated rings. The molecule has 0 aliphatic rings. The van der Waals surface area contributed by atoms with Gasteiger partial charge in [0.05, 0.1) is 7.11 Å². The van der Waals surface area contributed by atoms with Crippen LogP contribution >= 0.6 is 11.8 Å². The topological polar surface area (TPSA) is 55.3 Å². The van der Waals surface area contributed by atoms with Crippen LogP contribution in [0.4, 0.5) is 5.82 Å². The number of thioether (sulfide) groups is 1. The Hall–Kier alpha value is -1.30. The summed E-state index contributed by atoms with van der Waals surface area (Å²) in [5, 5.41) is 0.940. The molecule has 1 heterocycles. The summed E-state index contributed by atoms with van der Waals surface area (Å²) >= 11 is 1.58. The number of carbonyl (C=O) groups is 1. The van der Waals surface area contributed by atoms with Crippen LogP contribution in [0, 0.1) is 0 Å². The van der Waals surface area contributed by atoms with E-state index in [1.165, 1.54) is 7.11 Å². The van der Waals surface area contributed by atoms with Gasteiger partial charge in [-0.05, 0) is 12.7 Å². The van der Waals surface area contributed by atoms with Crippen molar-refractivity contribution in [1.82, 2.24) is 9.97 Å². The Morgan fingerprint density at radius 3 is 2.94 bits per heavy atom. The lowest BCUT2D eigenvalue weighted by Gasteiger charge is -2.17. The number of rotatable bonds is 6. The number of carbonyl (C=O) groups excluding carboxylic acids is 1. The second-order valence-electron chi connectivity index (χ2n) is 3.52. The largest absolute Gasteiger partial charge is 0.469 e. The molecular weight excluding hydrogens is 238 g/mol. The maximum Gasteiger partial charge on any atom is 0.305 e. The third kappa shape index (κ3) is 4.60. The van der Waals surface area contributed by atoms with Crippen molar-refractivity contribution >= 4 is 23.5 Å². The van der Waals surface area contributed by atoms with E-state index in [4.69, 9.17) is 0 Å². The van der Waals surface area contributed by atoms with Crippen LogP contribution in [0.3, 0.4) is 0 Å². The predicted molar refractivity (Wildman–Crippen MR) is 68.3 cm³/mol. The molecule has 0 saturated heterocycles. The van der Waals surface area contributed by atoms with Gasteiger partial charge in [0.1, 0.15) is 17.2 Å². The van der Waals surface area contributed by atoms with Crippen LogP contribution in [-0.4, -0.2) is 42.9 Å². The predicted octanol–water partition coefficient (Wildman–Crippen LogP) is 1.59. The van der Waals surface area contributed by atoms with E-state index in [0.29, 0.717) is 6.42 Å². The van der Waals surface area contributed by atoms with Gasteiger partial charge >= 0.3 is 5.97 Å². The van der Waals surface area contributed by atoms with Crippen molar-refractivity contribution in [3.8, 4) is 0 Å². The van der Waals surface area contributed by atoms with Gasteiger partial charge in [0.2, 0.25) is 0 Å². The smallest absolute Gasteiger partial charge is 0.305 e. The summed E-state index contributed by atoms with van der Waals surface area (Å²) in [6, 6.07) is 1.93. The van der Waals surface area contributed by atoms with Crippen molar-refractivity contribution in [3.05, 3.63) is 12.4 Å². The van der Waals surface area contributed by atoms with Gasteiger partial charge in [0, 0.05) is 26.1 Å². The fourth-order valence-corrected chi connectivity index (χ4v) is 1.70. The highest BCUT2D eigenvalue weighted by Crippen LogP contribution is 2.16. The Labute approximate surface area is 106 Å². The van der Waals surface area contributed by atoms with Crippen LogP contribution in [0.25, 0.3) is 0 Å². The molecule has 0 spiro atoms. The molecule has 0 N–H and O–H groups in total. The van der Waals surface area contributed by atoms with E-state index in [1.54, 1.807) is 18.1 Å². The number of nitrogens with zero attached hydrogens (tertiary/aromatic N) is 3. The Balaban J connectivity index is 2.46. The van der Waals surface area contributed by atoms with Gasteiger partial charge in [-0.15, -0.1) is 11.8 Å². The van der Waals surface area contributed by atoms with Gasteiger partial charge in [0.15, 0.2) is 0 Å². The standard InChI is InChI=1S/C11H17N3O2S/c1-14(6-4-5-11(15)16-2)9-7-10(17-3)13-8-12-9/h7-8H,4-6H2,1-3H3. The van der Waals surface area contributed by atoms with E-state index < -0.39 is 0 Å². The van der Waals surface area contributed by atoms with Crippen molar-refractivity contribution in [2.75, 3.05) is 31.9 Å². The first kappa shape index (κ1) is 13.8. The van der Waals surface area contributed by atoms with Gasteiger partial charge in [-0.25, -0.2) is 9.97 Å². The second kappa shape index (κ2) is 7.11. The van der Waals surface area contributed by atoms with E-state index in [1.807, 2.05) is 24.3 Å². The molecule has 1 aromatic rings. The van der Waals surface area contributed by atoms with Crippen LogP contribution in [0.1, 0.15) is 12.8 Å². The number of hydrogen-bond donors (Lipinski definition) is 0. The van der Waals surface area contributed by atoms with E-state index >= 15 is 0 Å². The van der Waals surface area contributed by atoms with E-state index in [9.17, 15) is 4.79 Å². The number of anilines is 1. The van der Waals surface area contributed by atoms with Crippen molar-refractivity contribution < 1.29 is 9.53 Å². The highest BCUT2D eigenvalue weighted by atomic mass is 32.2. The molecule has 1 rings (SSSR count). The molecule has 0 aromatic carbocycles. The van der Waals surface area contributed by atoms with Crippen LogP contribution < -0.4 is 4.90 Å². The SMILES string of the molecule is COC(=O)CCCN(C)c1cc(SC)ncn1. The first-order chi connectivity index (χ1) is 8.17. The van der Waals surface area contributed by atoms with Crippen molar-refractivity contribution in [2.45, 2.75) is 17.9 Å². The van der Waals surface area contributed by atoms with Gasteiger partial charge in [-0.3, -0.25) is 4.79 Å². The zero-order chi connectivity index (χ0) is 12.7. The summed E-state index contributed by atoms with van der Waals surface area (Å²) in [5.41, 5.74) is 0. The first-order valence-corrected chi connectivity index (χ1v) is 6.54. The first-order valence-electron chi connectivity index (χ1n) is 5.31. The number of methoxy groups -OCH3 is 1. The molecule has 0 atom stereocenters. The summed E-state index contributed by atoms with van der Waals surface area (Å²) in [6.45, 7) is 0.764. The molecule has 5 nitrogen and oxygen atoms in total. The molecule has 0 saturated carbocycles. The molecule has 0 radical (unpaired) electrons. The average molecular weight is 255 g/mol. The fourth-order valence-electron chi connectivity index (χ4n) is 1.33. The molecule has 0 aliphatic heterocycles. The molecule has 0 bridgehead atoms. The van der Waals surface area contributed by atoms with E-state index in [2.05, 4.69) is 14.7 Å². The summed E-state index contributed by atoms with van der Waals surface area (Å²) in [5.74, 6) is 0.695. The number of aromatic nitrogens is 2. The minimum absolute atomic E-state index is 0.175. The fraction of sp³-hybridized carbons (Fsp3) is 0.545. The van der Waals surface area contributed by atoms with Crippen LogP contribution in [0.5, 0.6) is 0 Å². The quantitative estimate of drug-likeness (QED) is 0.437. The molecule has 0 aliphatic carbocycles. The molecule has 0 unspecified atom stereocenters. The zero-order valence-corrected chi connectivity index (χ0v) is 11.2. The minimum Gasteiger partial charge on any atom is -0.469 e. The Kier molecular flexibility index (Phi) is 5.76. The normalized spacial score (nSPS) is 10.1. The molecule has 6 heteroatoms. The minimum atomic E-state index is -0.175. The lowest BCUT2D eigenvalue weighted by molar-refractivity contribution is -0.140.